The summed E-state index contributed by atoms with van der Waals surface area (Å²) >= 11 is 6.44. The van der Waals surface area contributed by atoms with E-state index in [1.165, 1.54) is 31.3 Å². The number of aliphatic hydroxyl groups excluding tert-OH is 1. The van der Waals surface area contributed by atoms with Gasteiger partial charge in [-0.1, -0.05) is 42.1 Å². The van der Waals surface area contributed by atoms with Gasteiger partial charge in [0.25, 0.3) is 10.1 Å². The fraction of sp³-hybridized carbons (Fsp3) is 0.478. The van der Waals surface area contributed by atoms with Crippen LogP contribution < -0.4 is 0 Å². The van der Waals surface area contributed by atoms with Crippen molar-refractivity contribution in [2.24, 2.45) is 0 Å². The summed E-state index contributed by atoms with van der Waals surface area (Å²) in [7, 11) is -3.95. The largest absolute Gasteiger partial charge is 0.390 e. The molecular formula is C23H26ClN3O5S. The Hall–Kier alpha value is -2.04. The van der Waals surface area contributed by atoms with Gasteiger partial charge < -0.3 is 14.4 Å². The number of aryl methyl sites for hydroxylation is 1. The third-order valence-electron chi connectivity index (χ3n) is 6.60. The van der Waals surface area contributed by atoms with Crippen molar-refractivity contribution in [2.75, 3.05) is 6.61 Å². The number of rotatable bonds is 6. The number of hydrogen-bond acceptors (Lipinski definition) is 7. The fourth-order valence-corrected chi connectivity index (χ4v) is 5.96. The van der Waals surface area contributed by atoms with Crippen molar-refractivity contribution in [1.82, 2.24) is 14.5 Å². The molecule has 0 radical (unpaired) electrons. The summed E-state index contributed by atoms with van der Waals surface area (Å²) in [5.41, 5.74) is 2.71. The first kappa shape index (κ1) is 22.7. The number of hydrogen-bond donors (Lipinski definition) is 1. The number of nitrogens with zero attached hydrogens (tertiary/aromatic N) is 3. The van der Waals surface area contributed by atoms with Crippen LogP contribution in [-0.2, 0) is 19.0 Å². The first-order valence-electron chi connectivity index (χ1n) is 11.1. The molecule has 1 N–H and O–H groups in total. The number of ether oxygens (including phenoxy) is 1. The maximum atomic E-state index is 12.5. The molecule has 3 heterocycles. The van der Waals surface area contributed by atoms with E-state index in [2.05, 4.69) is 9.97 Å². The minimum atomic E-state index is -3.95. The Morgan fingerprint density at radius 2 is 1.94 bits per heavy atom. The number of aromatic nitrogens is 3. The van der Waals surface area contributed by atoms with E-state index in [1.807, 2.05) is 17.7 Å². The molecule has 2 aromatic heterocycles. The average Bonchev–Trinajstić information content (AvgIpc) is 3.51. The predicted molar refractivity (Wildman–Crippen MR) is 123 cm³/mol. The first-order valence-corrected chi connectivity index (χ1v) is 12.9. The van der Waals surface area contributed by atoms with Crippen molar-refractivity contribution in [3.63, 3.8) is 0 Å². The summed E-state index contributed by atoms with van der Waals surface area (Å²) in [6, 6.07) is 6.41. The maximum absolute atomic E-state index is 12.5. The minimum absolute atomic E-state index is 0.0705. The molecule has 3 aromatic rings. The van der Waals surface area contributed by atoms with Crippen LogP contribution in [0.2, 0.25) is 5.15 Å². The highest BCUT2D eigenvalue weighted by molar-refractivity contribution is 7.86. The van der Waals surface area contributed by atoms with Gasteiger partial charge >= 0.3 is 0 Å². The molecule has 0 bridgehead atoms. The Morgan fingerprint density at radius 3 is 2.67 bits per heavy atom. The Morgan fingerprint density at radius 1 is 1.21 bits per heavy atom. The maximum Gasteiger partial charge on any atom is 0.297 e. The number of benzene rings is 1. The van der Waals surface area contributed by atoms with Gasteiger partial charge in [0.15, 0.2) is 0 Å². The molecule has 0 amide bonds. The minimum Gasteiger partial charge on any atom is -0.390 e. The number of halogens is 1. The highest BCUT2D eigenvalue weighted by atomic mass is 35.5. The van der Waals surface area contributed by atoms with Crippen molar-refractivity contribution < 1.29 is 22.4 Å². The second-order valence-electron chi connectivity index (χ2n) is 8.82. The summed E-state index contributed by atoms with van der Waals surface area (Å²) in [5.74, 6) is 0.391. The van der Waals surface area contributed by atoms with E-state index in [9.17, 15) is 13.5 Å². The lowest BCUT2D eigenvalue weighted by Crippen LogP contribution is -2.28. The molecule has 176 valence electrons. The van der Waals surface area contributed by atoms with Crippen LogP contribution in [0.3, 0.4) is 0 Å². The van der Waals surface area contributed by atoms with Crippen LogP contribution in [0.5, 0.6) is 0 Å². The van der Waals surface area contributed by atoms with E-state index in [0.717, 1.165) is 29.4 Å². The third-order valence-corrected chi connectivity index (χ3v) is 8.18. The molecule has 1 saturated heterocycles. The summed E-state index contributed by atoms with van der Waals surface area (Å²) < 4.78 is 38.2. The monoisotopic (exact) mass is 491 g/mol. The molecule has 8 nitrogen and oxygen atoms in total. The Kier molecular flexibility index (Phi) is 6.17. The zero-order valence-corrected chi connectivity index (χ0v) is 19.8. The second kappa shape index (κ2) is 8.96. The highest BCUT2D eigenvalue weighted by Crippen LogP contribution is 2.42. The quantitative estimate of drug-likeness (QED) is 0.409. The molecule has 2 fully saturated rings. The fourth-order valence-electron chi connectivity index (χ4n) is 4.81. The van der Waals surface area contributed by atoms with Crippen molar-refractivity contribution in [2.45, 2.75) is 68.3 Å². The van der Waals surface area contributed by atoms with Gasteiger partial charge in [-0.15, -0.1) is 0 Å². The lowest BCUT2D eigenvalue weighted by molar-refractivity contribution is -0.0369. The van der Waals surface area contributed by atoms with Crippen LogP contribution in [0.15, 0.2) is 41.7 Å². The SMILES string of the molecule is Cc1ccc(S(=O)(=O)OC[C@H]2O[C@@H](n3cc(C4CCCC4)c4c(Cl)ncnc43)C[C@@H]2O)cc1. The van der Waals surface area contributed by atoms with Crippen molar-refractivity contribution in [3.05, 3.63) is 53.1 Å². The van der Waals surface area contributed by atoms with E-state index in [4.69, 9.17) is 20.5 Å². The molecule has 0 spiro atoms. The summed E-state index contributed by atoms with van der Waals surface area (Å²) in [6.45, 7) is 1.60. The van der Waals surface area contributed by atoms with Crippen molar-refractivity contribution in [1.29, 1.82) is 0 Å². The first-order chi connectivity index (χ1) is 15.8. The van der Waals surface area contributed by atoms with Gasteiger partial charge in [-0.3, -0.25) is 4.18 Å². The average molecular weight is 492 g/mol. The van der Waals surface area contributed by atoms with Gasteiger partial charge in [-0.05, 0) is 43.4 Å². The smallest absolute Gasteiger partial charge is 0.297 e. The standard InChI is InChI=1S/C23H26ClN3O5S/c1-14-6-8-16(9-7-14)33(29,30)31-12-19-18(28)10-20(32-19)27-11-17(15-4-2-3-5-15)21-22(24)25-13-26-23(21)27/h6-9,11,13,15,18-20,28H,2-5,10,12H2,1H3/t18-,19+,20+/m0/s1. The van der Waals surface area contributed by atoms with Gasteiger partial charge in [0.05, 0.1) is 23.0 Å². The number of aliphatic hydroxyl groups is 1. The molecule has 2 aliphatic rings. The van der Waals surface area contributed by atoms with Crippen LogP contribution in [0.25, 0.3) is 11.0 Å². The lowest BCUT2D eigenvalue weighted by atomic mass is 9.98. The van der Waals surface area contributed by atoms with E-state index < -0.39 is 28.6 Å². The zero-order valence-electron chi connectivity index (χ0n) is 18.2. The predicted octanol–water partition coefficient (Wildman–Crippen LogP) is 4.10. The van der Waals surface area contributed by atoms with E-state index in [-0.39, 0.29) is 17.9 Å². The molecular weight excluding hydrogens is 466 g/mol. The molecule has 0 unspecified atom stereocenters. The van der Waals surface area contributed by atoms with Gasteiger partial charge in [0.1, 0.15) is 29.5 Å². The van der Waals surface area contributed by atoms with Crippen LogP contribution in [0.4, 0.5) is 0 Å². The van der Waals surface area contributed by atoms with E-state index in [0.29, 0.717) is 16.7 Å². The number of fused-ring (bicyclic) bond motifs is 1. The Labute approximate surface area is 197 Å². The summed E-state index contributed by atoms with van der Waals surface area (Å²) in [5, 5.41) is 11.8. The van der Waals surface area contributed by atoms with Gasteiger partial charge in [-0.25, -0.2) is 9.97 Å². The molecule has 1 saturated carbocycles. The molecule has 3 atom stereocenters. The molecule has 1 aliphatic heterocycles. The second-order valence-corrected chi connectivity index (χ2v) is 10.8. The summed E-state index contributed by atoms with van der Waals surface area (Å²) in [4.78, 5) is 8.67. The summed E-state index contributed by atoms with van der Waals surface area (Å²) in [6.07, 6.45) is 6.05. The van der Waals surface area contributed by atoms with Gasteiger partial charge in [0, 0.05) is 12.6 Å². The van der Waals surface area contributed by atoms with Crippen LogP contribution in [0.1, 0.15) is 55.4 Å². The Balaban J connectivity index is 1.36. The van der Waals surface area contributed by atoms with E-state index in [1.54, 1.807) is 12.1 Å². The molecule has 5 rings (SSSR count). The molecule has 10 heteroatoms. The van der Waals surface area contributed by atoms with Gasteiger partial charge in [0.2, 0.25) is 0 Å². The molecule has 1 aliphatic carbocycles. The molecule has 33 heavy (non-hydrogen) atoms. The van der Waals surface area contributed by atoms with Crippen LogP contribution in [-0.4, -0.2) is 46.9 Å². The Bertz CT molecular complexity index is 1260. The lowest BCUT2D eigenvalue weighted by Gasteiger charge is -2.16. The topological polar surface area (TPSA) is 104 Å². The molecule has 1 aromatic carbocycles. The van der Waals surface area contributed by atoms with Crippen molar-refractivity contribution in [3.8, 4) is 0 Å². The zero-order chi connectivity index (χ0) is 23.2. The van der Waals surface area contributed by atoms with Crippen LogP contribution >= 0.6 is 11.6 Å². The highest BCUT2D eigenvalue weighted by Gasteiger charge is 2.38. The normalized spacial score (nSPS) is 24.2. The van der Waals surface area contributed by atoms with E-state index >= 15 is 0 Å². The van der Waals surface area contributed by atoms with Gasteiger partial charge in [-0.2, -0.15) is 8.42 Å². The third kappa shape index (κ3) is 4.40. The van der Waals surface area contributed by atoms with Crippen LogP contribution in [0, 0.1) is 6.92 Å². The van der Waals surface area contributed by atoms with Crippen molar-refractivity contribution >= 4 is 32.8 Å².